The van der Waals surface area contributed by atoms with Crippen molar-refractivity contribution in [3.63, 3.8) is 0 Å². The molecule has 0 saturated carbocycles. The normalized spacial score (nSPS) is 12.2. The van der Waals surface area contributed by atoms with E-state index in [9.17, 15) is 0 Å². The number of nitrogens with zero attached hydrogens (tertiary/aromatic N) is 3. The molecule has 3 nitrogen and oxygen atoms in total. The molecule has 3 heterocycles. The molecule has 1 aliphatic rings. The third kappa shape index (κ3) is 9.89. The number of benzene rings is 7. The van der Waals surface area contributed by atoms with Crippen molar-refractivity contribution in [3.05, 3.63) is 257 Å². The molecule has 0 radical (unpaired) electrons. The first-order valence-corrected chi connectivity index (χ1v) is 24.5. The molecule has 0 N–H and O–H groups in total. The minimum Gasteiger partial charge on any atom is -0.305 e. The standard InChI is InChI=1S/C67H54N3.Ir/c1-44-30-33-68-64(36-44)51-22-18-47(19-23-51)14-16-49-39-50(17-15-48-20-24-52(25-21-48)65-37-45(2)31-34-69-65)41-55(40-49)56-10-6-7-11-57(56)58-28-27-54(66-38-46(3)32-35-70-66)42-61(58)53-26-29-60-59-12-8-9-13-62(59)67(4,5)63(60)43-53;/h6-13,18-22,24,26,28-43H,14-17H2,1-5H3;/q-3;+3. The van der Waals surface area contributed by atoms with Crippen LogP contribution in [-0.4, -0.2) is 15.0 Å². The number of hydrogen-bond donors (Lipinski definition) is 0. The molecule has 0 unspecified atom stereocenters. The van der Waals surface area contributed by atoms with Crippen LogP contribution in [0.2, 0.25) is 0 Å². The van der Waals surface area contributed by atoms with Crippen molar-refractivity contribution in [3.8, 4) is 78.3 Å². The predicted octanol–water partition coefficient (Wildman–Crippen LogP) is 16.1. The zero-order valence-corrected chi connectivity index (χ0v) is 43.3. The topological polar surface area (TPSA) is 38.7 Å². The average molecular weight is 1090 g/mol. The van der Waals surface area contributed by atoms with E-state index in [0.717, 1.165) is 70.6 Å². The number of fused-ring (bicyclic) bond motifs is 3. The SMILES string of the molecule is Cc1ccnc(-c2[c-]cc(CCc3cc(CCc4c[c-]c(-c5cc(C)ccn5)cc4)cc(-c4ccccc4-c4c[c-]c(-c5cc(C)ccn5)cc4-c4ccc5c(c4)C(C)(C)c4ccccc4-5)c3)cc2)c1.[Ir+3]. The third-order valence-corrected chi connectivity index (χ3v) is 14.2. The molecule has 4 heteroatoms. The zero-order valence-electron chi connectivity index (χ0n) is 40.9. The summed E-state index contributed by atoms with van der Waals surface area (Å²) in [6, 6.07) is 72.9. The molecule has 3 aromatic heterocycles. The maximum Gasteiger partial charge on any atom is 3.00 e. The van der Waals surface area contributed by atoms with Gasteiger partial charge in [0.05, 0.1) is 0 Å². The summed E-state index contributed by atoms with van der Waals surface area (Å²) in [5.41, 5.74) is 26.8. The van der Waals surface area contributed by atoms with Crippen LogP contribution >= 0.6 is 0 Å². The van der Waals surface area contributed by atoms with Gasteiger partial charge in [0, 0.05) is 24.0 Å². The molecular weight excluding hydrogens is 1040 g/mol. The Morgan fingerprint density at radius 3 is 1.41 bits per heavy atom. The third-order valence-electron chi connectivity index (χ3n) is 14.2. The van der Waals surface area contributed by atoms with E-state index in [1.807, 2.05) is 30.7 Å². The van der Waals surface area contributed by atoms with Gasteiger partial charge in [-0.1, -0.05) is 163 Å². The van der Waals surface area contributed by atoms with Crippen LogP contribution in [0.25, 0.3) is 78.3 Å². The summed E-state index contributed by atoms with van der Waals surface area (Å²) in [5, 5.41) is 0. The number of pyridine rings is 3. The van der Waals surface area contributed by atoms with Crippen molar-refractivity contribution in [1.29, 1.82) is 0 Å². The molecular formula is C67H54IrN3. The molecule has 0 atom stereocenters. The van der Waals surface area contributed by atoms with Crippen LogP contribution in [0.1, 0.15) is 63.9 Å². The van der Waals surface area contributed by atoms with Gasteiger partial charge in [-0.3, -0.25) is 0 Å². The fourth-order valence-corrected chi connectivity index (χ4v) is 10.3. The van der Waals surface area contributed by atoms with E-state index in [1.165, 1.54) is 83.5 Å². The van der Waals surface area contributed by atoms with E-state index in [0.29, 0.717) is 0 Å². The molecule has 11 rings (SSSR count). The molecule has 71 heavy (non-hydrogen) atoms. The minimum absolute atomic E-state index is 0. The molecule has 346 valence electrons. The molecule has 0 spiro atoms. The van der Waals surface area contributed by atoms with Crippen molar-refractivity contribution in [1.82, 2.24) is 15.0 Å². The van der Waals surface area contributed by atoms with Crippen LogP contribution in [0.4, 0.5) is 0 Å². The summed E-state index contributed by atoms with van der Waals surface area (Å²) in [4.78, 5) is 14.0. The Labute approximate surface area is 433 Å². The summed E-state index contributed by atoms with van der Waals surface area (Å²) in [6.45, 7) is 11.0. The second-order valence-corrected chi connectivity index (χ2v) is 19.6. The molecule has 0 bridgehead atoms. The van der Waals surface area contributed by atoms with Gasteiger partial charge in [0.2, 0.25) is 0 Å². The largest absolute Gasteiger partial charge is 3.00 e. The summed E-state index contributed by atoms with van der Waals surface area (Å²) >= 11 is 0. The van der Waals surface area contributed by atoms with E-state index in [4.69, 9.17) is 4.98 Å². The monoisotopic (exact) mass is 1090 g/mol. The van der Waals surface area contributed by atoms with Gasteiger partial charge < -0.3 is 15.0 Å². The van der Waals surface area contributed by atoms with E-state index in [-0.39, 0.29) is 25.5 Å². The Morgan fingerprint density at radius 2 is 0.859 bits per heavy atom. The van der Waals surface area contributed by atoms with E-state index >= 15 is 0 Å². The van der Waals surface area contributed by atoms with Gasteiger partial charge in [0.1, 0.15) is 0 Å². The Morgan fingerprint density at radius 1 is 0.366 bits per heavy atom. The first kappa shape index (κ1) is 47.3. The van der Waals surface area contributed by atoms with Gasteiger partial charge in [-0.2, -0.15) is 0 Å². The van der Waals surface area contributed by atoms with Crippen LogP contribution in [-0.2, 0) is 51.2 Å². The van der Waals surface area contributed by atoms with Crippen LogP contribution < -0.4 is 0 Å². The molecule has 1 aliphatic carbocycles. The fraction of sp³-hybridized carbons (Fsp3) is 0.149. The van der Waals surface area contributed by atoms with Gasteiger partial charge in [0.15, 0.2) is 0 Å². The fourth-order valence-electron chi connectivity index (χ4n) is 10.3. The van der Waals surface area contributed by atoms with Crippen molar-refractivity contribution in [2.45, 2.75) is 65.7 Å². The first-order chi connectivity index (χ1) is 34.1. The second-order valence-electron chi connectivity index (χ2n) is 19.6. The summed E-state index contributed by atoms with van der Waals surface area (Å²) in [5.74, 6) is 0. The number of aromatic nitrogens is 3. The molecule has 0 aliphatic heterocycles. The molecule has 7 aromatic carbocycles. The van der Waals surface area contributed by atoms with Gasteiger partial charge in [-0.25, -0.2) is 0 Å². The number of hydrogen-bond acceptors (Lipinski definition) is 3. The van der Waals surface area contributed by atoms with Gasteiger partial charge in [-0.05, 0) is 119 Å². The van der Waals surface area contributed by atoms with Crippen molar-refractivity contribution in [2.24, 2.45) is 0 Å². The van der Waals surface area contributed by atoms with Crippen molar-refractivity contribution < 1.29 is 20.1 Å². The van der Waals surface area contributed by atoms with Crippen LogP contribution in [0.5, 0.6) is 0 Å². The maximum absolute atomic E-state index is 4.82. The Kier molecular flexibility index (Phi) is 13.4. The summed E-state index contributed by atoms with van der Waals surface area (Å²) in [7, 11) is 0. The predicted molar refractivity (Wildman–Crippen MR) is 288 cm³/mol. The number of aryl methyl sites for hydroxylation is 7. The molecule has 0 saturated heterocycles. The second kappa shape index (κ2) is 20.2. The Bertz CT molecular complexity index is 3440. The quantitative estimate of drug-likeness (QED) is 0.114. The zero-order chi connectivity index (χ0) is 47.8. The minimum atomic E-state index is -0.130. The Balaban J connectivity index is 0.00000582. The van der Waals surface area contributed by atoms with E-state index < -0.39 is 0 Å². The molecule has 10 aromatic rings. The van der Waals surface area contributed by atoms with Gasteiger partial charge >= 0.3 is 20.1 Å². The van der Waals surface area contributed by atoms with Crippen molar-refractivity contribution >= 4 is 0 Å². The van der Waals surface area contributed by atoms with E-state index in [2.05, 4.69) is 221 Å². The molecule has 0 amide bonds. The van der Waals surface area contributed by atoms with Crippen molar-refractivity contribution in [2.75, 3.05) is 0 Å². The number of rotatable bonds is 12. The van der Waals surface area contributed by atoms with Crippen LogP contribution in [0.3, 0.4) is 0 Å². The van der Waals surface area contributed by atoms with Crippen LogP contribution in [0, 0.1) is 39.0 Å². The summed E-state index contributed by atoms with van der Waals surface area (Å²) in [6.07, 6.45) is 9.24. The molecule has 0 fully saturated rings. The van der Waals surface area contributed by atoms with E-state index in [1.54, 1.807) is 0 Å². The smallest absolute Gasteiger partial charge is 0.305 e. The Hall–Kier alpha value is -7.36. The maximum atomic E-state index is 4.82. The van der Waals surface area contributed by atoms with Crippen LogP contribution in [0.15, 0.2) is 188 Å². The first-order valence-electron chi connectivity index (χ1n) is 24.5. The summed E-state index contributed by atoms with van der Waals surface area (Å²) < 4.78 is 0. The van der Waals surface area contributed by atoms with Gasteiger partial charge in [0.25, 0.3) is 0 Å². The van der Waals surface area contributed by atoms with Gasteiger partial charge in [-0.15, -0.1) is 94.5 Å². The average Bonchev–Trinajstić information content (AvgIpc) is 3.62.